The van der Waals surface area contributed by atoms with Crippen LogP contribution in [0.25, 0.3) is 10.2 Å². The van der Waals surface area contributed by atoms with Crippen LogP contribution in [0.4, 0.5) is 28.1 Å². The maximum atomic E-state index is 11.8. The number of aromatic nitrogens is 3. The van der Waals surface area contributed by atoms with Crippen LogP contribution in [-0.2, 0) is 0 Å². The van der Waals surface area contributed by atoms with Crippen molar-refractivity contribution < 1.29 is 9.66 Å². The van der Waals surface area contributed by atoms with Crippen molar-refractivity contribution in [1.29, 1.82) is 0 Å². The molecule has 2 aromatic heterocycles. The van der Waals surface area contributed by atoms with Crippen molar-refractivity contribution in [2.45, 2.75) is 0 Å². The number of thiazole rings is 1. The number of para-hydroxylation sites is 1. The number of nitrogens with zero attached hydrogens (tertiary/aromatic N) is 4. The monoisotopic (exact) mass is 472 g/mol. The van der Waals surface area contributed by atoms with E-state index >= 15 is 0 Å². The molecule has 0 amide bonds. The van der Waals surface area contributed by atoms with Crippen molar-refractivity contribution in [2.75, 3.05) is 17.7 Å². The molecule has 0 atom stereocenters. The minimum Gasteiger partial charge on any atom is -0.497 e. The highest BCUT2D eigenvalue weighted by atomic mass is 79.9. The van der Waals surface area contributed by atoms with Crippen molar-refractivity contribution in [3.63, 3.8) is 0 Å². The molecule has 4 rings (SSSR count). The number of hydrogen-bond acceptors (Lipinski definition) is 9. The number of halogens is 1. The molecule has 0 bridgehead atoms. The summed E-state index contributed by atoms with van der Waals surface area (Å²) in [6.07, 6.45) is 1.25. The molecule has 9 nitrogen and oxygen atoms in total. The van der Waals surface area contributed by atoms with E-state index in [0.29, 0.717) is 16.6 Å². The van der Waals surface area contributed by atoms with Gasteiger partial charge in [-0.15, -0.1) is 0 Å². The standard InChI is InChI=1S/C18H13BrN6O3S/c1-28-10-6-7-13-14(8-10)29-18(23-13)24-17-15(25(26)27)16(20-9-21-17)22-12-5-3-2-4-11(12)19/h2-9H,1H3,(H2,20,21,22,23,24). The van der Waals surface area contributed by atoms with Crippen LogP contribution >= 0.6 is 27.3 Å². The summed E-state index contributed by atoms with van der Waals surface area (Å²) in [7, 11) is 1.59. The summed E-state index contributed by atoms with van der Waals surface area (Å²) in [5.74, 6) is 0.827. The van der Waals surface area contributed by atoms with Gasteiger partial charge in [-0.25, -0.2) is 15.0 Å². The Morgan fingerprint density at radius 1 is 1.14 bits per heavy atom. The van der Waals surface area contributed by atoms with E-state index in [0.717, 1.165) is 14.7 Å². The van der Waals surface area contributed by atoms with Crippen molar-refractivity contribution in [3.8, 4) is 5.75 Å². The average molecular weight is 473 g/mol. The van der Waals surface area contributed by atoms with Crippen molar-refractivity contribution in [2.24, 2.45) is 0 Å². The molecule has 2 aromatic carbocycles. The van der Waals surface area contributed by atoms with Crippen LogP contribution in [0.15, 0.2) is 53.3 Å². The van der Waals surface area contributed by atoms with Crippen LogP contribution in [0, 0.1) is 10.1 Å². The summed E-state index contributed by atoms with van der Waals surface area (Å²) >= 11 is 4.75. The first-order valence-corrected chi connectivity index (χ1v) is 9.88. The van der Waals surface area contributed by atoms with E-state index < -0.39 is 4.92 Å². The number of nitrogens with one attached hydrogen (secondary N) is 2. The van der Waals surface area contributed by atoms with E-state index in [-0.39, 0.29) is 17.3 Å². The molecule has 0 aliphatic rings. The van der Waals surface area contributed by atoms with Gasteiger partial charge in [0.05, 0.1) is 27.9 Å². The molecule has 0 radical (unpaired) electrons. The Morgan fingerprint density at radius 2 is 1.90 bits per heavy atom. The lowest BCUT2D eigenvalue weighted by Gasteiger charge is -2.10. The smallest absolute Gasteiger partial charge is 0.353 e. The number of fused-ring (bicyclic) bond motifs is 1. The summed E-state index contributed by atoms with van der Waals surface area (Å²) in [4.78, 5) is 23.8. The molecule has 2 heterocycles. The molecule has 0 aliphatic carbocycles. The number of methoxy groups -OCH3 is 1. The number of rotatable bonds is 6. The maximum Gasteiger partial charge on any atom is 0.353 e. The normalized spacial score (nSPS) is 10.7. The largest absolute Gasteiger partial charge is 0.497 e. The Hall–Kier alpha value is -3.31. The Bertz CT molecular complexity index is 1220. The second-order valence-corrected chi connectivity index (χ2v) is 7.64. The molecule has 0 spiro atoms. The van der Waals surface area contributed by atoms with Gasteiger partial charge in [0.25, 0.3) is 0 Å². The van der Waals surface area contributed by atoms with Crippen molar-refractivity contribution >= 4 is 65.6 Å². The van der Waals surface area contributed by atoms with Crippen LogP contribution in [0.3, 0.4) is 0 Å². The number of ether oxygens (including phenoxy) is 1. The molecule has 2 N–H and O–H groups in total. The molecule has 11 heteroatoms. The number of benzene rings is 2. The van der Waals surface area contributed by atoms with Gasteiger partial charge in [-0.05, 0) is 46.3 Å². The summed E-state index contributed by atoms with van der Waals surface area (Å²) < 4.78 is 6.86. The molecule has 146 valence electrons. The third-order valence-corrected chi connectivity index (χ3v) is 5.58. The fraction of sp³-hybridized carbons (Fsp3) is 0.0556. The fourth-order valence-corrected chi connectivity index (χ4v) is 3.89. The highest BCUT2D eigenvalue weighted by Crippen LogP contribution is 2.36. The lowest BCUT2D eigenvalue weighted by atomic mass is 10.3. The highest BCUT2D eigenvalue weighted by Gasteiger charge is 2.24. The van der Waals surface area contributed by atoms with Gasteiger partial charge in [0, 0.05) is 4.47 Å². The first-order chi connectivity index (χ1) is 14.0. The Kier molecular flexibility index (Phi) is 5.23. The van der Waals surface area contributed by atoms with Crippen LogP contribution < -0.4 is 15.4 Å². The summed E-state index contributed by atoms with van der Waals surface area (Å²) in [5, 5.41) is 18.2. The van der Waals surface area contributed by atoms with Gasteiger partial charge >= 0.3 is 5.69 Å². The third kappa shape index (κ3) is 3.96. The van der Waals surface area contributed by atoms with E-state index in [1.54, 1.807) is 19.2 Å². The second kappa shape index (κ2) is 7.97. The van der Waals surface area contributed by atoms with E-state index in [1.165, 1.54) is 17.7 Å². The van der Waals surface area contributed by atoms with E-state index in [2.05, 4.69) is 41.5 Å². The molecule has 0 unspecified atom stereocenters. The quantitative estimate of drug-likeness (QED) is 0.288. The zero-order valence-electron chi connectivity index (χ0n) is 14.9. The zero-order valence-corrected chi connectivity index (χ0v) is 17.3. The van der Waals surface area contributed by atoms with Gasteiger partial charge in [0.15, 0.2) is 5.13 Å². The van der Waals surface area contributed by atoms with Crippen LogP contribution in [-0.4, -0.2) is 27.0 Å². The molecular weight excluding hydrogens is 460 g/mol. The van der Waals surface area contributed by atoms with Gasteiger partial charge in [0.1, 0.15) is 12.1 Å². The number of anilines is 4. The van der Waals surface area contributed by atoms with E-state index in [9.17, 15) is 10.1 Å². The topological polar surface area (TPSA) is 115 Å². The van der Waals surface area contributed by atoms with E-state index in [1.807, 2.05) is 30.3 Å². The predicted molar refractivity (Wildman–Crippen MR) is 116 cm³/mol. The lowest BCUT2D eigenvalue weighted by Crippen LogP contribution is -2.05. The number of nitro groups is 1. The average Bonchev–Trinajstić information content (AvgIpc) is 3.11. The molecular formula is C18H13BrN6O3S. The van der Waals surface area contributed by atoms with Crippen LogP contribution in [0.5, 0.6) is 5.75 Å². The van der Waals surface area contributed by atoms with Crippen molar-refractivity contribution in [1.82, 2.24) is 15.0 Å². The van der Waals surface area contributed by atoms with Gasteiger partial charge < -0.3 is 15.4 Å². The molecule has 0 saturated carbocycles. The Labute approximate surface area is 177 Å². The van der Waals surface area contributed by atoms with E-state index in [4.69, 9.17) is 4.74 Å². The summed E-state index contributed by atoms with van der Waals surface area (Å²) in [5.41, 5.74) is 1.12. The van der Waals surface area contributed by atoms with Gasteiger partial charge in [-0.2, -0.15) is 0 Å². The lowest BCUT2D eigenvalue weighted by molar-refractivity contribution is -0.383. The van der Waals surface area contributed by atoms with Crippen LogP contribution in [0.1, 0.15) is 0 Å². The molecule has 0 fully saturated rings. The van der Waals surface area contributed by atoms with Crippen LogP contribution in [0.2, 0.25) is 0 Å². The predicted octanol–water partition coefficient (Wildman–Crippen LogP) is 5.25. The minimum absolute atomic E-state index is 0.0468. The van der Waals surface area contributed by atoms with Gasteiger partial charge in [0.2, 0.25) is 11.6 Å². The molecule has 0 saturated heterocycles. The number of hydrogen-bond donors (Lipinski definition) is 2. The van der Waals surface area contributed by atoms with Crippen molar-refractivity contribution in [3.05, 3.63) is 63.4 Å². The second-order valence-electron chi connectivity index (χ2n) is 5.76. The SMILES string of the molecule is COc1ccc2nc(Nc3ncnc(Nc4ccccc4Br)c3[N+](=O)[O-])sc2c1. The third-order valence-electron chi connectivity index (χ3n) is 3.95. The molecule has 0 aliphatic heterocycles. The fourth-order valence-electron chi connectivity index (χ4n) is 2.61. The molecule has 29 heavy (non-hydrogen) atoms. The maximum absolute atomic E-state index is 11.8. The Balaban J connectivity index is 1.70. The first kappa shape index (κ1) is 19.0. The van der Waals surface area contributed by atoms with Gasteiger partial charge in [-0.3, -0.25) is 10.1 Å². The zero-order chi connectivity index (χ0) is 20.4. The highest BCUT2D eigenvalue weighted by molar-refractivity contribution is 9.10. The summed E-state index contributed by atoms with van der Waals surface area (Å²) in [6.45, 7) is 0. The minimum atomic E-state index is -0.530. The van der Waals surface area contributed by atoms with Gasteiger partial charge in [-0.1, -0.05) is 23.5 Å². The Morgan fingerprint density at radius 3 is 2.62 bits per heavy atom. The summed E-state index contributed by atoms with van der Waals surface area (Å²) in [6, 6.07) is 12.7. The first-order valence-electron chi connectivity index (χ1n) is 8.27. The molecule has 4 aromatic rings.